The van der Waals surface area contributed by atoms with Gasteiger partial charge < -0.3 is 9.47 Å². The fourth-order valence-electron chi connectivity index (χ4n) is 5.31. The number of fused-ring (bicyclic) bond motifs is 3. The molecule has 2 heteroatoms. The molecule has 176 valence electrons. The van der Waals surface area contributed by atoms with E-state index in [1.165, 1.54) is 50.0 Å². The normalized spacial score (nSPS) is 11.8. The Bertz CT molecular complexity index is 1640. The van der Waals surface area contributed by atoms with E-state index in [4.69, 9.17) is 0 Å². The molecule has 2 nitrogen and oxygen atoms in total. The van der Waals surface area contributed by atoms with Crippen LogP contribution in [0.25, 0.3) is 38.6 Å². The van der Waals surface area contributed by atoms with Crippen molar-refractivity contribution < 1.29 is 0 Å². The monoisotopic (exact) mass is 466 g/mol. The molecule has 0 aliphatic rings. The third-order valence-electron chi connectivity index (χ3n) is 6.83. The summed E-state index contributed by atoms with van der Waals surface area (Å²) in [5.41, 5.74) is 8.35. The molecule has 1 heterocycles. The van der Waals surface area contributed by atoms with Gasteiger partial charge in [-0.1, -0.05) is 84.9 Å². The third kappa shape index (κ3) is 3.85. The molecular formula is C34H30N2. The summed E-state index contributed by atoms with van der Waals surface area (Å²) >= 11 is 0. The minimum Gasteiger partial charge on any atom is -0.336 e. The van der Waals surface area contributed by atoms with E-state index in [0.29, 0.717) is 0 Å². The molecule has 0 N–H and O–H groups in total. The Hall–Kier alpha value is -4.30. The minimum atomic E-state index is -0.106. The van der Waals surface area contributed by atoms with Crippen LogP contribution in [0.2, 0.25) is 0 Å². The van der Waals surface area contributed by atoms with Gasteiger partial charge in [-0.25, -0.2) is 0 Å². The van der Waals surface area contributed by atoms with Gasteiger partial charge in [-0.2, -0.15) is 0 Å². The first-order chi connectivity index (χ1) is 17.5. The highest BCUT2D eigenvalue weighted by atomic mass is 15.2. The standard InChI is InChI=1S/C34H30N2/c1-34(2,3)36(28-20-18-26(19-21-28)25-12-6-4-7-13-25)29-22-23-31-30-16-10-11-17-32(30)35(33(31)24-29)27-14-8-5-9-15-27/h4-24H,1-3H3. The lowest BCUT2D eigenvalue weighted by Crippen LogP contribution is -2.37. The van der Waals surface area contributed by atoms with Crippen LogP contribution in [0.15, 0.2) is 127 Å². The van der Waals surface area contributed by atoms with E-state index in [-0.39, 0.29) is 5.54 Å². The van der Waals surface area contributed by atoms with E-state index in [1.54, 1.807) is 0 Å². The predicted octanol–water partition coefficient (Wildman–Crippen LogP) is 9.39. The molecule has 1 aromatic heterocycles. The van der Waals surface area contributed by atoms with Gasteiger partial charge in [0.1, 0.15) is 0 Å². The second kappa shape index (κ2) is 8.73. The van der Waals surface area contributed by atoms with Gasteiger partial charge in [0.2, 0.25) is 0 Å². The summed E-state index contributed by atoms with van der Waals surface area (Å²) in [5.74, 6) is 0. The average Bonchev–Trinajstić information content (AvgIpc) is 3.23. The Balaban J connectivity index is 1.52. The number of anilines is 2. The van der Waals surface area contributed by atoms with Gasteiger partial charge in [0.25, 0.3) is 0 Å². The first-order valence-corrected chi connectivity index (χ1v) is 12.5. The average molecular weight is 467 g/mol. The molecule has 0 bridgehead atoms. The maximum Gasteiger partial charge on any atom is 0.0561 e. The third-order valence-corrected chi connectivity index (χ3v) is 6.83. The molecule has 0 spiro atoms. The van der Waals surface area contributed by atoms with Crippen LogP contribution in [0.4, 0.5) is 11.4 Å². The van der Waals surface area contributed by atoms with Crippen LogP contribution in [0.1, 0.15) is 20.8 Å². The van der Waals surface area contributed by atoms with Crippen molar-refractivity contribution in [2.45, 2.75) is 26.3 Å². The maximum atomic E-state index is 2.44. The van der Waals surface area contributed by atoms with E-state index in [9.17, 15) is 0 Å². The number of nitrogens with zero attached hydrogens (tertiary/aromatic N) is 2. The highest BCUT2D eigenvalue weighted by Gasteiger charge is 2.25. The van der Waals surface area contributed by atoms with Gasteiger partial charge in [-0.05, 0) is 74.4 Å². The fourth-order valence-corrected chi connectivity index (χ4v) is 5.31. The Morgan fingerprint density at radius 1 is 0.500 bits per heavy atom. The Kier molecular flexibility index (Phi) is 5.38. The number of rotatable bonds is 4. The van der Waals surface area contributed by atoms with Crippen LogP contribution in [0.5, 0.6) is 0 Å². The van der Waals surface area contributed by atoms with Gasteiger partial charge in [-0.3, -0.25) is 0 Å². The molecule has 36 heavy (non-hydrogen) atoms. The van der Waals surface area contributed by atoms with E-state index >= 15 is 0 Å². The molecule has 0 fully saturated rings. The molecule has 0 radical (unpaired) electrons. The van der Waals surface area contributed by atoms with Gasteiger partial charge >= 0.3 is 0 Å². The lowest BCUT2D eigenvalue weighted by atomic mass is 10.0. The molecule has 5 aromatic carbocycles. The van der Waals surface area contributed by atoms with Crippen LogP contribution >= 0.6 is 0 Å². The molecular weight excluding hydrogens is 436 g/mol. The predicted molar refractivity (Wildman–Crippen MR) is 155 cm³/mol. The number of hydrogen-bond acceptors (Lipinski definition) is 1. The summed E-state index contributed by atoms with van der Waals surface area (Å²) in [6.45, 7) is 6.82. The highest BCUT2D eigenvalue weighted by Crippen LogP contribution is 2.39. The van der Waals surface area contributed by atoms with Gasteiger partial charge in [0, 0.05) is 33.4 Å². The number of aromatic nitrogens is 1. The summed E-state index contributed by atoms with van der Waals surface area (Å²) in [5, 5.41) is 2.55. The lowest BCUT2D eigenvalue weighted by Gasteiger charge is -2.38. The van der Waals surface area contributed by atoms with E-state index < -0.39 is 0 Å². The highest BCUT2D eigenvalue weighted by molar-refractivity contribution is 6.10. The lowest BCUT2D eigenvalue weighted by molar-refractivity contribution is 0.560. The summed E-state index contributed by atoms with van der Waals surface area (Å²) in [4.78, 5) is 2.44. The zero-order valence-electron chi connectivity index (χ0n) is 21.0. The van der Waals surface area contributed by atoms with Crippen molar-refractivity contribution in [1.29, 1.82) is 0 Å². The maximum absolute atomic E-state index is 2.44. The quantitative estimate of drug-likeness (QED) is 0.251. The number of benzene rings is 5. The fraction of sp³-hybridized carbons (Fsp3) is 0.118. The molecule has 0 aliphatic heterocycles. The SMILES string of the molecule is CC(C)(C)N(c1ccc(-c2ccccc2)cc1)c1ccc2c3ccccc3n(-c3ccccc3)c2c1. The van der Waals surface area contributed by atoms with Crippen LogP contribution in [-0.2, 0) is 0 Å². The largest absolute Gasteiger partial charge is 0.336 e. The molecule has 0 atom stereocenters. The second-order valence-corrected chi connectivity index (χ2v) is 10.3. The van der Waals surface area contributed by atoms with Crippen LogP contribution in [0, 0.1) is 0 Å². The Labute approximate surface area is 213 Å². The summed E-state index contributed by atoms with van der Waals surface area (Å²) in [7, 11) is 0. The van der Waals surface area contributed by atoms with Crippen molar-refractivity contribution in [2.24, 2.45) is 0 Å². The van der Waals surface area contributed by atoms with Crippen molar-refractivity contribution in [3.05, 3.63) is 127 Å². The summed E-state index contributed by atoms with van der Waals surface area (Å²) in [6, 6.07) is 45.7. The molecule has 6 rings (SSSR count). The van der Waals surface area contributed by atoms with Crippen molar-refractivity contribution >= 4 is 33.2 Å². The first kappa shape index (κ1) is 22.2. The van der Waals surface area contributed by atoms with E-state index in [2.05, 4.69) is 158 Å². The zero-order chi connectivity index (χ0) is 24.7. The van der Waals surface area contributed by atoms with E-state index in [0.717, 1.165) is 0 Å². The van der Waals surface area contributed by atoms with Crippen molar-refractivity contribution in [2.75, 3.05) is 4.90 Å². The van der Waals surface area contributed by atoms with Gasteiger partial charge in [0.05, 0.1) is 11.0 Å². The smallest absolute Gasteiger partial charge is 0.0561 e. The summed E-state index contributed by atoms with van der Waals surface area (Å²) in [6.07, 6.45) is 0. The number of para-hydroxylation sites is 2. The van der Waals surface area contributed by atoms with Crippen molar-refractivity contribution in [3.63, 3.8) is 0 Å². The molecule has 6 aromatic rings. The second-order valence-electron chi connectivity index (χ2n) is 10.3. The topological polar surface area (TPSA) is 8.17 Å². The molecule has 0 unspecified atom stereocenters. The first-order valence-electron chi connectivity index (χ1n) is 12.5. The Morgan fingerprint density at radius 3 is 1.75 bits per heavy atom. The number of hydrogen-bond donors (Lipinski definition) is 0. The Morgan fingerprint density at radius 2 is 1.06 bits per heavy atom. The van der Waals surface area contributed by atoms with Crippen molar-refractivity contribution in [3.8, 4) is 16.8 Å². The van der Waals surface area contributed by atoms with E-state index in [1.807, 2.05) is 0 Å². The van der Waals surface area contributed by atoms with Crippen LogP contribution in [0.3, 0.4) is 0 Å². The summed E-state index contributed by atoms with van der Waals surface area (Å²) < 4.78 is 2.38. The molecule has 0 aliphatic carbocycles. The molecule has 0 amide bonds. The molecule has 0 saturated carbocycles. The molecule has 0 saturated heterocycles. The van der Waals surface area contributed by atoms with Crippen LogP contribution < -0.4 is 4.90 Å². The van der Waals surface area contributed by atoms with Crippen LogP contribution in [-0.4, -0.2) is 10.1 Å². The zero-order valence-corrected chi connectivity index (χ0v) is 21.0. The van der Waals surface area contributed by atoms with Crippen molar-refractivity contribution in [1.82, 2.24) is 4.57 Å². The van der Waals surface area contributed by atoms with Gasteiger partial charge in [-0.15, -0.1) is 0 Å². The minimum absolute atomic E-state index is 0.106. The van der Waals surface area contributed by atoms with Gasteiger partial charge in [0.15, 0.2) is 0 Å².